The Morgan fingerprint density at radius 1 is 1.07 bits per heavy atom. The normalized spacial score (nSPS) is 11.3. The first-order chi connectivity index (χ1) is 13.0. The van der Waals surface area contributed by atoms with Crippen molar-refractivity contribution in [2.24, 2.45) is 4.99 Å². The molecule has 0 fully saturated rings. The van der Waals surface area contributed by atoms with Crippen LogP contribution in [0.3, 0.4) is 0 Å². The molecule has 1 heterocycles. The molecule has 0 radical (unpaired) electrons. The summed E-state index contributed by atoms with van der Waals surface area (Å²) in [6.45, 7) is 9.39. The van der Waals surface area contributed by atoms with Gasteiger partial charge in [-0.25, -0.2) is 9.98 Å². The van der Waals surface area contributed by atoms with Gasteiger partial charge in [-0.2, -0.15) is 4.37 Å². The fourth-order valence-electron chi connectivity index (χ4n) is 2.74. The number of aromatic nitrogens is 2. The fourth-order valence-corrected chi connectivity index (χ4v) is 3.43. The number of aliphatic imine (C=N–C) groups is 1. The molecule has 5 heteroatoms. The average molecular weight is 379 g/mol. The molecular formula is C22H26N4S. The molecule has 0 amide bonds. The molecule has 0 aliphatic heterocycles. The van der Waals surface area contributed by atoms with Crippen molar-refractivity contribution < 1.29 is 0 Å². The van der Waals surface area contributed by atoms with E-state index in [-0.39, 0.29) is 0 Å². The van der Waals surface area contributed by atoms with E-state index in [0.29, 0.717) is 0 Å². The molecule has 27 heavy (non-hydrogen) atoms. The molecule has 0 N–H and O–H groups in total. The Hall–Kier alpha value is -2.53. The van der Waals surface area contributed by atoms with Crippen molar-refractivity contribution in [3.8, 4) is 11.4 Å². The Morgan fingerprint density at radius 3 is 2.52 bits per heavy atom. The van der Waals surface area contributed by atoms with Gasteiger partial charge in [-0.05, 0) is 62.0 Å². The number of benzene rings is 2. The van der Waals surface area contributed by atoms with Gasteiger partial charge < -0.3 is 4.90 Å². The van der Waals surface area contributed by atoms with Crippen LogP contribution in [-0.2, 0) is 6.42 Å². The van der Waals surface area contributed by atoms with Gasteiger partial charge in [-0.3, -0.25) is 0 Å². The highest BCUT2D eigenvalue weighted by atomic mass is 32.1. The van der Waals surface area contributed by atoms with E-state index in [4.69, 9.17) is 4.98 Å². The quantitative estimate of drug-likeness (QED) is 0.430. The molecule has 140 valence electrons. The topological polar surface area (TPSA) is 41.4 Å². The summed E-state index contributed by atoms with van der Waals surface area (Å²) < 4.78 is 4.54. The zero-order chi connectivity index (χ0) is 19.4. The van der Waals surface area contributed by atoms with Crippen molar-refractivity contribution in [3.63, 3.8) is 0 Å². The predicted octanol–water partition coefficient (Wildman–Crippen LogP) is 5.33. The van der Waals surface area contributed by atoms with E-state index in [1.807, 2.05) is 13.4 Å². The van der Waals surface area contributed by atoms with Crippen molar-refractivity contribution in [3.05, 3.63) is 63.7 Å². The molecule has 0 unspecified atom stereocenters. The monoisotopic (exact) mass is 378 g/mol. The van der Waals surface area contributed by atoms with Gasteiger partial charge in [0.05, 0.1) is 12.0 Å². The minimum atomic E-state index is 0.801. The molecule has 1 aromatic heterocycles. The van der Waals surface area contributed by atoms with Crippen LogP contribution in [0.5, 0.6) is 0 Å². The van der Waals surface area contributed by atoms with Gasteiger partial charge in [0.15, 0.2) is 5.82 Å². The molecular weight excluding hydrogens is 352 g/mol. The number of hydrogen-bond acceptors (Lipinski definition) is 4. The second-order valence-corrected chi connectivity index (χ2v) is 7.77. The first-order valence-corrected chi connectivity index (χ1v) is 9.97. The van der Waals surface area contributed by atoms with Crippen molar-refractivity contribution in [2.45, 2.75) is 34.1 Å². The van der Waals surface area contributed by atoms with E-state index in [1.165, 1.54) is 33.8 Å². The summed E-state index contributed by atoms with van der Waals surface area (Å²) in [4.78, 5) is 11.4. The third kappa shape index (κ3) is 4.80. The Labute approximate surface area is 165 Å². The molecule has 0 aliphatic rings. The zero-order valence-corrected chi connectivity index (χ0v) is 17.5. The lowest BCUT2D eigenvalue weighted by Crippen LogP contribution is -2.14. The van der Waals surface area contributed by atoms with Gasteiger partial charge in [0.25, 0.3) is 0 Å². The lowest BCUT2D eigenvalue weighted by atomic mass is 10.0. The van der Waals surface area contributed by atoms with Crippen LogP contribution in [0.4, 0.5) is 5.69 Å². The standard InChI is InChI=1S/C22H26N4S/c1-6-26(5)14-23-20-12-16(3)19(11-17(20)4)13-21-24-22(25-27-21)18-9-7-15(2)8-10-18/h7-12,14H,6,13H2,1-5H3/b23-14-. The molecule has 3 rings (SSSR count). The smallest absolute Gasteiger partial charge is 0.173 e. The minimum absolute atomic E-state index is 0.801. The lowest BCUT2D eigenvalue weighted by molar-refractivity contribution is 0.552. The Bertz CT molecular complexity index is 941. The zero-order valence-electron chi connectivity index (χ0n) is 16.7. The van der Waals surface area contributed by atoms with Gasteiger partial charge in [-0.1, -0.05) is 35.9 Å². The van der Waals surface area contributed by atoms with Gasteiger partial charge in [0.2, 0.25) is 0 Å². The molecule has 0 spiro atoms. The highest BCUT2D eigenvalue weighted by Crippen LogP contribution is 2.26. The molecule has 0 bridgehead atoms. The van der Waals surface area contributed by atoms with Crippen molar-refractivity contribution in [2.75, 3.05) is 13.6 Å². The molecule has 4 nitrogen and oxygen atoms in total. The van der Waals surface area contributed by atoms with Crippen molar-refractivity contribution in [1.82, 2.24) is 14.3 Å². The summed E-state index contributed by atoms with van der Waals surface area (Å²) in [5.41, 5.74) is 7.03. The van der Waals surface area contributed by atoms with E-state index >= 15 is 0 Å². The average Bonchev–Trinajstić information content (AvgIpc) is 3.12. The van der Waals surface area contributed by atoms with E-state index in [9.17, 15) is 0 Å². The highest BCUT2D eigenvalue weighted by molar-refractivity contribution is 7.05. The largest absolute Gasteiger partial charge is 0.366 e. The summed E-state index contributed by atoms with van der Waals surface area (Å²) in [5.74, 6) is 0.813. The Morgan fingerprint density at radius 2 is 1.81 bits per heavy atom. The van der Waals surface area contributed by atoms with Gasteiger partial charge in [-0.15, -0.1) is 0 Å². The van der Waals surface area contributed by atoms with E-state index in [1.54, 1.807) is 0 Å². The molecule has 0 saturated carbocycles. The van der Waals surface area contributed by atoms with Crippen LogP contribution in [0.25, 0.3) is 11.4 Å². The van der Waals surface area contributed by atoms with Crippen molar-refractivity contribution >= 4 is 23.6 Å². The highest BCUT2D eigenvalue weighted by Gasteiger charge is 2.10. The summed E-state index contributed by atoms with van der Waals surface area (Å²) >= 11 is 1.48. The van der Waals surface area contributed by atoms with Gasteiger partial charge >= 0.3 is 0 Å². The first kappa shape index (κ1) is 19.2. The first-order valence-electron chi connectivity index (χ1n) is 9.20. The second kappa shape index (κ2) is 8.44. The number of rotatable bonds is 6. The maximum absolute atomic E-state index is 4.74. The van der Waals surface area contributed by atoms with Crippen LogP contribution in [0.2, 0.25) is 0 Å². The van der Waals surface area contributed by atoms with Crippen LogP contribution in [0, 0.1) is 20.8 Å². The molecule has 0 atom stereocenters. The van der Waals surface area contributed by atoms with Gasteiger partial charge in [0, 0.05) is 25.6 Å². The summed E-state index contributed by atoms with van der Waals surface area (Å²) in [6, 6.07) is 12.7. The number of nitrogens with zero attached hydrogens (tertiary/aromatic N) is 4. The van der Waals surface area contributed by atoms with Crippen LogP contribution in [0.15, 0.2) is 41.4 Å². The minimum Gasteiger partial charge on any atom is -0.366 e. The summed E-state index contributed by atoms with van der Waals surface area (Å²) in [7, 11) is 2.03. The maximum atomic E-state index is 4.74. The predicted molar refractivity (Wildman–Crippen MR) is 115 cm³/mol. The van der Waals surface area contributed by atoms with Crippen LogP contribution in [0.1, 0.15) is 34.2 Å². The molecule has 2 aromatic carbocycles. The maximum Gasteiger partial charge on any atom is 0.173 e. The third-order valence-corrected chi connectivity index (χ3v) is 5.38. The van der Waals surface area contributed by atoms with Gasteiger partial charge in [0.1, 0.15) is 5.01 Å². The number of hydrogen-bond donors (Lipinski definition) is 0. The second-order valence-electron chi connectivity index (χ2n) is 6.94. The number of aryl methyl sites for hydroxylation is 3. The molecule has 0 aliphatic carbocycles. The third-order valence-electron chi connectivity index (χ3n) is 4.67. The van der Waals surface area contributed by atoms with E-state index in [0.717, 1.165) is 35.0 Å². The van der Waals surface area contributed by atoms with E-state index in [2.05, 4.69) is 78.4 Å². The molecule has 3 aromatic rings. The fraction of sp³-hybridized carbons (Fsp3) is 0.318. The molecule has 0 saturated heterocycles. The Kier molecular flexibility index (Phi) is 6.01. The SMILES string of the molecule is CCN(C)/C=N\c1cc(C)c(Cc2nc(-c3ccc(C)cc3)ns2)cc1C. The van der Waals surface area contributed by atoms with Crippen LogP contribution < -0.4 is 0 Å². The van der Waals surface area contributed by atoms with E-state index < -0.39 is 0 Å². The lowest BCUT2D eigenvalue weighted by Gasteiger charge is -2.11. The summed E-state index contributed by atoms with van der Waals surface area (Å²) in [5, 5.41) is 1.04. The van der Waals surface area contributed by atoms with Crippen LogP contribution in [-0.4, -0.2) is 34.2 Å². The Balaban J connectivity index is 1.79. The van der Waals surface area contributed by atoms with Crippen LogP contribution >= 0.6 is 11.5 Å². The summed E-state index contributed by atoms with van der Waals surface area (Å²) in [6.07, 6.45) is 2.69. The van der Waals surface area contributed by atoms with Crippen molar-refractivity contribution in [1.29, 1.82) is 0 Å².